The van der Waals surface area contributed by atoms with Gasteiger partial charge in [0.1, 0.15) is 5.76 Å². The van der Waals surface area contributed by atoms with Crippen molar-refractivity contribution in [1.29, 1.82) is 0 Å². The molecule has 0 aromatic rings. The van der Waals surface area contributed by atoms with Gasteiger partial charge in [0.05, 0.1) is 7.11 Å². The van der Waals surface area contributed by atoms with Crippen molar-refractivity contribution in [2.45, 2.75) is 27.7 Å². The molecule has 0 atom stereocenters. The maximum atomic E-state index is 5.19. The fourth-order valence-electron chi connectivity index (χ4n) is 1.22. The van der Waals surface area contributed by atoms with Crippen molar-refractivity contribution >= 4 is 0 Å². The monoisotopic (exact) mass is 166 g/mol. The lowest BCUT2D eigenvalue weighted by Crippen LogP contribution is -2.31. The molecule has 0 amide bonds. The van der Waals surface area contributed by atoms with Crippen molar-refractivity contribution in [3.05, 3.63) is 24.0 Å². The first-order chi connectivity index (χ1) is 5.39. The van der Waals surface area contributed by atoms with Crippen molar-refractivity contribution in [1.82, 2.24) is 0 Å². The van der Waals surface area contributed by atoms with Crippen LogP contribution in [0.3, 0.4) is 0 Å². The molecule has 0 saturated heterocycles. The maximum Gasteiger partial charge on any atom is 0.115 e. The highest BCUT2D eigenvalue weighted by molar-refractivity contribution is 5.26. The van der Waals surface area contributed by atoms with E-state index in [2.05, 4.69) is 39.8 Å². The van der Waals surface area contributed by atoms with E-state index in [0.717, 1.165) is 5.76 Å². The molecule has 1 nitrogen and oxygen atoms in total. The summed E-state index contributed by atoms with van der Waals surface area (Å²) in [5, 5.41) is 0. The van der Waals surface area contributed by atoms with Crippen LogP contribution in [0.25, 0.3) is 0 Å². The number of hydrogen-bond acceptors (Lipinski definition) is 1. The molecule has 68 valence electrons. The molecule has 0 fully saturated rings. The first kappa shape index (κ1) is 9.37. The predicted octanol–water partition coefficient (Wildman–Crippen LogP) is 3.14. The highest BCUT2D eigenvalue weighted by atomic mass is 16.5. The molecule has 0 N–H and O–H groups in total. The zero-order chi connectivity index (χ0) is 9.41. The molecule has 0 saturated carbocycles. The minimum Gasteiger partial charge on any atom is -0.497 e. The van der Waals surface area contributed by atoms with E-state index in [0.29, 0.717) is 0 Å². The van der Waals surface area contributed by atoms with Gasteiger partial charge in [0.2, 0.25) is 0 Å². The summed E-state index contributed by atoms with van der Waals surface area (Å²) in [5.41, 5.74) is 0.391. The van der Waals surface area contributed by atoms with Gasteiger partial charge in [-0.3, -0.25) is 0 Å². The molecular weight excluding hydrogens is 148 g/mol. The third kappa shape index (κ3) is 1.40. The second kappa shape index (κ2) is 2.65. The Morgan fingerprint density at radius 3 is 2.08 bits per heavy atom. The Kier molecular flexibility index (Phi) is 2.07. The molecule has 0 unspecified atom stereocenters. The molecule has 0 heterocycles. The van der Waals surface area contributed by atoms with E-state index < -0.39 is 0 Å². The van der Waals surface area contributed by atoms with Crippen LogP contribution in [0.4, 0.5) is 0 Å². The van der Waals surface area contributed by atoms with Crippen molar-refractivity contribution in [2.75, 3.05) is 7.11 Å². The molecule has 1 aliphatic carbocycles. The Hall–Kier alpha value is -0.720. The Morgan fingerprint density at radius 1 is 1.08 bits per heavy atom. The van der Waals surface area contributed by atoms with E-state index in [1.807, 2.05) is 6.08 Å². The van der Waals surface area contributed by atoms with Crippen LogP contribution in [0.15, 0.2) is 24.0 Å². The van der Waals surface area contributed by atoms with Crippen molar-refractivity contribution < 1.29 is 4.74 Å². The average molecular weight is 166 g/mol. The fourth-order valence-corrected chi connectivity index (χ4v) is 1.22. The van der Waals surface area contributed by atoms with Crippen LogP contribution in [-0.2, 0) is 4.74 Å². The Morgan fingerprint density at radius 2 is 1.67 bits per heavy atom. The minimum absolute atomic E-state index is 0.174. The van der Waals surface area contributed by atoms with Gasteiger partial charge in [0.15, 0.2) is 0 Å². The van der Waals surface area contributed by atoms with E-state index >= 15 is 0 Å². The number of hydrogen-bond donors (Lipinski definition) is 0. The van der Waals surface area contributed by atoms with E-state index in [4.69, 9.17) is 4.74 Å². The highest BCUT2D eigenvalue weighted by Gasteiger charge is 2.35. The quantitative estimate of drug-likeness (QED) is 0.581. The summed E-state index contributed by atoms with van der Waals surface area (Å²) in [5.74, 6) is 0.972. The van der Waals surface area contributed by atoms with Crippen LogP contribution >= 0.6 is 0 Å². The molecular formula is C11H18O. The van der Waals surface area contributed by atoms with Gasteiger partial charge in [0.25, 0.3) is 0 Å². The standard InChI is InChI=1S/C11H18O/c1-10(2)7-6-9(12-5)8-11(10,3)4/h6-8H,1-5H3. The molecule has 0 aromatic heterocycles. The Balaban J connectivity index is 2.99. The molecule has 0 aliphatic heterocycles. The number of rotatable bonds is 1. The summed E-state index contributed by atoms with van der Waals surface area (Å²) in [6, 6.07) is 0. The molecule has 0 spiro atoms. The second-order valence-corrected chi connectivity index (χ2v) is 4.53. The molecule has 0 bridgehead atoms. The summed E-state index contributed by atoms with van der Waals surface area (Å²) in [4.78, 5) is 0. The Labute approximate surface area is 75.1 Å². The second-order valence-electron chi connectivity index (χ2n) is 4.53. The average Bonchev–Trinajstić information content (AvgIpc) is 1.95. The normalized spacial score (nSPS) is 24.9. The van der Waals surface area contributed by atoms with Gasteiger partial charge >= 0.3 is 0 Å². The molecule has 1 aliphatic rings. The zero-order valence-electron chi connectivity index (χ0n) is 8.64. The number of methoxy groups -OCH3 is 1. The molecule has 0 aromatic carbocycles. The van der Waals surface area contributed by atoms with Crippen molar-refractivity contribution in [3.8, 4) is 0 Å². The first-order valence-corrected chi connectivity index (χ1v) is 4.35. The van der Waals surface area contributed by atoms with E-state index in [1.165, 1.54) is 0 Å². The molecule has 1 rings (SSSR count). The lowest BCUT2D eigenvalue weighted by Gasteiger charge is -2.39. The number of allylic oxidation sites excluding steroid dienone is 3. The van der Waals surface area contributed by atoms with Crippen LogP contribution < -0.4 is 0 Å². The topological polar surface area (TPSA) is 9.23 Å². The summed E-state index contributed by atoms with van der Waals surface area (Å²) in [6.07, 6.45) is 6.45. The summed E-state index contributed by atoms with van der Waals surface area (Å²) in [7, 11) is 1.71. The van der Waals surface area contributed by atoms with Crippen molar-refractivity contribution in [3.63, 3.8) is 0 Å². The summed E-state index contributed by atoms with van der Waals surface area (Å²) < 4.78 is 5.19. The SMILES string of the molecule is COC1=CC(C)(C)C(C)(C)C=C1. The largest absolute Gasteiger partial charge is 0.497 e. The third-order valence-electron chi connectivity index (χ3n) is 3.06. The van der Waals surface area contributed by atoms with Gasteiger partial charge in [0, 0.05) is 0 Å². The molecule has 0 radical (unpaired) electrons. The fraction of sp³-hybridized carbons (Fsp3) is 0.636. The molecule has 12 heavy (non-hydrogen) atoms. The summed E-state index contributed by atoms with van der Waals surface area (Å²) in [6.45, 7) is 8.95. The zero-order valence-corrected chi connectivity index (χ0v) is 8.64. The summed E-state index contributed by atoms with van der Waals surface area (Å²) >= 11 is 0. The van der Waals surface area contributed by atoms with Gasteiger partial charge in [-0.15, -0.1) is 0 Å². The van der Waals surface area contributed by atoms with Crippen LogP contribution in [0.1, 0.15) is 27.7 Å². The lowest BCUT2D eigenvalue weighted by atomic mass is 9.65. The predicted molar refractivity (Wildman–Crippen MR) is 51.8 cm³/mol. The Bertz CT molecular complexity index is 231. The van der Waals surface area contributed by atoms with Crippen LogP contribution in [-0.4, -0.2) is 7.11 Å². The van der Waals surface area contributed by atoms with Crippen LogP contribution in [0, 0.1) is 10.8 Å². The van der Waals surface area contributed by atoms with Gasteiger partial charge in [-0.25, -0.2) is 0 Å². The highest BCUT2D eigenvalue weighted by Crippen LogP contribution is 2.44. The van der Waals surface area contributed by atoms with Crippen LogP contribution in [0.5, 0.6) is 0 Å². The van der Waals surface area contributed by atoms with E-state index in [1.54, 1.807) is 7.11 Å². The van der Waals surface area contributed by atoms with E-state index in [9.17, 15) is 0 Å². The van der Waals surface area contributed by atoms with E-state index in [-0.39, 0.29) is 10.8 Å². The van der Waals surface area contributed by atoms with Crippen LogP contribution in [0.2, 0.25) is 0 Å². The first-order valence-electron chi connectivity index (χ1n) is 4.35. The third-order valence-corrected chi connectivity index (χ3v) is 3.06. The minimum atomic E-state index is 0.174. The van der Waals surface area contributed by atoms with Gasteiger partial charge in [-0.05, 0) is 23.0 Å². The van der Waals surface area contributed by atoms with Gasteiger partial charge in [-0.1, -0.05) is 33.8 Å². The van der Waals surface area contributed by atoms with Gasteiger partial charge < -0.3 is 4.74 Å². The maximum absolute atomic E-state index is 5.19. The lowest BCUT2D eigenvalue weighted by molar-refractivity contribution is 0.205. The smallest absolute Gasteiger partial charge is 0.115 e. The number of ether oxygens (including phenoxy) is 1. The van der Waals surface area contributed by atoms with Gasteiger partial charge in [-0.2, -0.15) is 0 Å². The van der Waals surface area contributed by atoms with Crippen molar-refractivity contribution in [2.24, 2.45) is 10.8 Å². The molecule has 1 heteroatoms.